The van der Waals surface area contributed by atoms with Crippen LogP contribution in [-0.2, 0) is 22.5 Å². The zero-order valence-electron chi connectivity index (χ0n) is 11.5. The molecule has 0 fully saturated rings. The molecule has 0 saturated heterocycles. The Balaban J connectivity index is 2.11. The van der Waals surface area contributed by atoms with E-state index in [0.717, 1.165) is 17.7 Å². The number of nitrogens with zero attached hydrogens (tertiary/aromatic N) is 3. The third-order valence-electron chi connectivity index (χ3n) is 3.03. The molecule has 2 N–H and O–H groups in total. The lowest BCUT2D eigenvalue weighted by atomic mass is 10.2. The Bertz CT molecular complexity index is 612. The van der Waals surface area contributed by atoms with Crippen molar-refractivity contribution >= 4 is 23.6 Å². The highest BCUT2D eigenvalue weighted by atomic mass is 32.1. The second kappa shape index (κ2) is 6.42. The minimum absolute atomic E-state index is 0.403. The highest BCUT2D eigenvalue weighted by Gasteiger charge is 2.17. The molecule has 0 atom stereocenters. The summed E-state index contributed by atoms with van der Waals surface area (Å²) in [7, 11) is 0. The van der Waals surface area contributed by atoms with Crippen molar-refractivity contribution in [2.45, 2.75) is 26.8 Å². The summed E-state index contributed by atoms with van der Waals surface area (Å²) in [6, 6.07) is 0. The van der Waals surface area contributed by atoms with Crippen molar-refractivity contribution in [3.8, 4) is 0 Å². The van der Waals surface area contributed by atoms with Gasteiger partial charge in [0.1, 0.15) is 11.6 Å². The van der Waals surface area contributed by atoms with Crippen molar-refractivity contribution < 1.29 is 14.1 Å². The van der Waals surface area contributed by atoms with Crippen molar-refractivity contribution in [2.24, 2.45) is 0 Å². The molecule has 0 amide bonds. The fraction of sp³-hybridized carbons (Fsp3) is 0.385. The van der Waals surface area contributed by atoms with Crippen molar-refractivity contribution in [3.05, 3.63) is 33.7 Å². The summed E-state index contributed by atoms with van der Waals surface area (Å²) in [4.78, 5) is 19.7. The molecule has 0 aliphatic heterocycles. The van der Waals surface area contributed by atoms with Crippen LogP contribution >= 0.6 is 11.3 Å². The molecule has 20 heavy (non-hydrogen) atoms. The first-order valence-electron chi connectivity index (χ1n) is 6.21. The SMILES string of the molecule is Cc1ncc(C[n+]2csc(CCOC=O)c2C)c(N)n1. The molecule has 0 aromatic carbocycles. The topological polar surface area (TPSA) is 82.0 Å². The van der Waals surface area contributed by atoms with E-state index in [1.165, 1.54) is 4.88 Å². The molecule has 2 rings (SSSR count). The van der Waals surface area contributed by atoms with Crippen LogP contribution in [0.1, 0.15) is 22.0 Å². The maximum absolute atomic E-state index is 10.1. The number of hydrogen-bond acceptors (Lipinski definition) is 6. The molecule has 0 bridgehead atoms. The van der Waals surface area contributed by atoms with Gasteiger partial charge in [-0.2, -0.15) is 4.57 Å². The molecule has 0 radical (unpaired) electrons. The predicted molar refractivity (Wildman–Crippen MR) is 75.3 cm³/mol. The van der Waals surface area contributed by atoms with Crippen molar-refractivity contribution in [3.63, 3.8) is 0 Å². The van der Waals surface area contributed by atoms with Gasteiger partial charge in [-0.05, 0) is 6.92 Å². The lowest BCUT2D eigenvalue weighted by Crippen LogP contribution is -2.35. The van der Waals surface area contributed by atoms with Crippen molar-refractivity contribution in [1.29, 1.82) is 0 Å². The van der Waals surface area contributed by atoms with Gasteiger partial charge in [-0.25, -0.2) is 9.97 Å². The summed E-state index contributed by atoms with van der Waals surface area (Å²) in [5.41, 5.74) is 9.98. The maximum atomic E-state index is 10.1. The summed E-state index contributed by atoms with van der Waals surface area (Å²) in [5, 5.41) is 0. The van der Waals surface area contributed by atoms with E-state index in [9.17, 15) is 4.79 Å². The summed E-state index contributed by atoms with van der Waals surface area (Å²) >= 11 is 1.64. The number of thiazole rings is 1. The number of nitrogen functional groups attached to an aromatic ring is 1. The van der Waals surface area contributed by atoms with Crippen LogP contribution in [0.15, 0.2) is 11.7 Å². The minimum atomic E-state index is 0.403. The van der Waals surface area contributed by atoms with E-state index in [-0.39, 0.29) is 0 Å². The van der Waals surface area contributed by atoms with Gasteiger partial charge in [-0.15, -0.1) is 0 Å². The van der Waals surface area contributed by atoms with Gasteiger partial charge < -0.3 is 10.5 Å². The van der Waals surface area contributed by atoms with E-state index < -0.39 is 0 Å². The molecular formula is C13H17N4O2S+. The molecule has 0 aliphatic rings. The number of carbonyl (C=O) groups is 1. The van der Waals surface area contributed by atoms with E-state index in [2.05, 4.69) is 14.5 Å². The van der Waals surface area contributed by atoms with Gasteiger partial charge >= 0.3 is 0 Å². The van der Waals surface area contributed by atoms with Crippen LogP contribution < -0.4 is 10.3 Å². The maximum Gasteiger partial charge on any atom is 0.293 e. The van der Waals surface area contributed by atoms with Gasteiger partial charge in [-0.3, -0.25) is 4.79 Å². The zero-order valence-corrected chi connectivity index (χ0v) is 12.3. The number of carbonyl (C=O) groups excluding carboxylic acids is 1. The minimum Gasteiger partial charge on any atom is -0.468 e. The quantitative estimate of drug-likeness (QED) is 0.484. The predicted octanol–water partition coefficient (Wildman–Crippen LogP) is 0.788. The normalized spacial score (nSPS) is 10.5. The highest BCUT2D eigenvalue weighted by molar-refractivity contribution is 7.09. The largest absolute Gasteiger partial charge is 0.468 e. The molecule has 2 aromatic heterocycles. The van der Waals surface area contributed by atoms with Crippen LogP contribution in [0.3, 0.4) is 0 Å². The Labute approximate surface area is 121 Å². The molecule has 0 saturated carbocycles. The van der Waals surface area contributed by atoms with Crippen LogP contribution in [0.25, 0.3) is 0 Å². The molecule has 6 nitrogen and oxygen atoms in total. The molecule has 2 aromatic rings. The van der Waals surface area contributed by atoms with Gasteiger partial charge in [0.05, 0.1) is 17.0 Å². The number of aryl methyl sites for hydroxylation is 1. The Morgan fingerprint density at radius 2 is 2.30 bits per heavy atom. The lowest BCUT2D eigenvalue weighted by Gasteiger charge is -2.02. The number of anilines is 1. The molecule has 0 spiro atoms. The van der Waals surface area contributed by atoms with E-state index >= 15 is 0 Å². The van der Waals surface area contributed by atoms with E-state index in [1.54, 1.807) is 17.5 Å². The van der Waals surface area contributed by atoms with Gasteiger partial charge in [0.25, 0.3) is 6.47 Å². The standard InChI is InChI=1S/C13H17N4O2S/c1-9-12(3-4-19-8-18)20-7-17(9)6-11-5-15-10(2)16-13(11)14/h5,7-8H,3-4,6H2,1-2H3,(H2,14,15,16)/q+1. The third-order valence-corrected chi connectivity index (χ3v) is 4.17. The van der Waals surface area contributed by atoms with E-state index in [1.807, 2.05) is 19.4 Å². The van der Waals surface area contributed by atoms with Crippen LogP contribution in [0.4, 0.5) is 5.82 Å². The average Bonchev–Trinajstić information content (AvgIpc) is 2.75. The van der Waals surface area contributed by atoms with Gasteiger partial charge in [-0.1, -0.05) is 11.3 Å². The number of rotatable bonds is 6. The number of ether oxygens (including phenoxy) is 1. The molecule has 7 heteroatoms. The first-order valence-corrected chi connectivity index (χ1v) is 7.09. The fourth-order valence-corrected chi connectivity index (χ4v) is 2.84. The van der Waals surface area contributed by atoms with Crippen LogP contribution in [0.5, 0.6) is 0 Å². The molecule has 0 aliphatic carbocycles. The van der Waals surface area contributed by atoms with Crippen LogP contribution in [-0.4, -0.2) is 23.0 Å². The smallest absolute Gasteiger partial charge is 0.293 e. The van der Waals surface area contributed by atoms with E-state index in [4.69, 9.17) is 10.5 Å². The van der Waals surface area contributed by atoms with Crippen LogP contribution in [0, 0.1) is 13.8 Å². The Kier molecular flexibility index (Phi) is 4.62. The summed E-state index contributed by atoms with van der Waals surface area (Å²) in [5.74, 6) is 1.19. The van der Waals surface area contributed by atoms with Crippen LogP contribution in [0.2, 0.25) is 0 Å². The number of hydrogen-bond donors (Lipinski definition) is 1. The zero-order chi connectivity index (χ0) is 14.5. The van der Waals surface area contributed by atoms with Crippen molar-refractivity contribution in [2.75, 3.05) is 12.3 Å². The summed E-state index contributed by atoms with van der Waals surface area (Å²) in [6.07, 6.45) is 2.49. The number of aromatic nitrogens is 3. The fourth-order valence-electron chi connectivity index (χ4n) is 1.86. The first-order chi connectivity index (χ1) is 9.61. The molecule has 0 unspecified atom stereocenters. The Morgan fingerprint density at radius 1 is 1.50 bits per heavy atom. The Hall–Kier alpha value is -2.02. The molecule has 2 heterocycles. The summed E-state index contributed by atoms with van der Waals surface area (Å²) < 4.78 is 6.83. The number of nitrogens with two attached hydrogens (primary N) is 1. The lowest BCUT2D eigenvalue weighted by molar-refractivity contribution is -0.689. The second-order valence-electron chi connectivity index (χ2n) is 4.40. The van der Waals surface area contributed by atoms with Crippen molar-refractivity contribution in [1.82, 2.24) is 9.97 Å². The monoisotopic (exact) mass is 293 g/mol. The third kappa shape index (κ3) is 3.30. The van der Waals surface area contributed by atoms with E-state index in [0.29, 0.717) is 31.3 Å². The first kappa shape index (κ1) is 14.4. The molecule has 106 valence electrons. The van der Waals surface area contributed by atoms with Gasteiger partial charge in [0, 0.05) is 19.5 Å². The van der Waals surface area contributed by atoms with Gasteiger partial charge in [0.2, 0.25) is 5.51 Å². The van der Waals surface area contributed by atoms with Gasteiger partial charge in [0.15, 0.2) is 12.2 Å². The second-order valence-corrected chi connectivity index (χ2v) is 5.34. The summed E-state index contributed by atoms with van der Waals surface area (Å²) in [6.45, 7) is 5.37. The molecular weight excluding hydrogens is 276 g/mol. The Morgan fingerprint density at radius 3 is 3.00 bits per heavy atom. The highest BCUT2D eigenvalue weighted by Crippen LogP contribution is 2.14. The average molecular weight is 293 g/mol.